The van der Waals surface area contributed by atoms with E-state index in [4.69, 9.17) is 23.2 Å². The molecular weight excluding hydrogens is 557 g/mol. The van der Waals surface area contributed by atoms with Crippen molar-refractivity contribution in [3.05, 3.63) is 94.0 Å². The van der Waals surface area contributed by atoms with Crippen LogP contribution in [-0.4, -0.2) is 43.8 Å². The number of nitrogens with one attached hydrogen (secondary N) is 1. The molecule has 3 rings (SSSR count). The van der Waals surface area contributed by atoms with Crippen LogP contribution in [0.3, 0.4) is 0 Å². The van der Waals surface area contributed by atoms with Gasteiger partial charge in [0.1, 0.15) is 12.6 Å². The van der Waals surface area contributed by atoms with Crippen molar-refractivity contribution in [2.75, 3.05) is 10.8 Å². The number of halogens is 2. The predicted molar refractivity (Wildman–Crippen MR) is 157 cm³/mol. The van der Waals surface area contributed by atoms with Gasteiger partial charge in [-0.2, -0.15) is 0 Å². The highest BCUT2D eigenvalue weighted by molar-refractivity contribution is 7.92. The lowest BCUT2D eigenvalue weighted by Crippen LogP contribution is -2.52. The molecule has 208 valence electrons. The molecule has 0 fully saturated rings. The first-order valence-corrected chi connectivity index (χ1v) is 14.8. The molecule has 0 saturated carbocycles. The summed E-state index contributed by atoms with van der Waals surface area (Å²) in [5.74, 6) is -0.953. The maximum atomic E-state index is 13.9. The Labute approximate surface area is 240 Å². The zero-order valence-corrected chi connectivity index (χ0v) is 24.7. The molecule has 2 amide bonds. The standard InChI is InChI=1S/C29H33Cl2N3O4S/c1-5-21(3)32-29(36)22(4)33(18-25-26(30)12-9-13-27(25)31)28(35)19-34(23-10-7-6-8-11-23)39(37,38)24-16-14-20(2)15-17-24/h6-17,21-22H,5,18-19H2,1-4H3,(H,32,36)/t21-,22+/m1/s1. The number of carbonyl (C=O) groups is 2. The van der Waals surface area contributed by atoms with E-state index in [-0.39, 0.29) is 23.4 Å². The number of aryl methyl sites for hydroxylation is 1. The molecule has 39 heavy (non-hydrogen) atoms. The van der Waals surface area contributed by atoms with Crippen molar-refractivity contribution in [1.29, 1.82) is 0 Å². The second-order valence-corrected chi connectivity index (χ2v) is 12.1. The topological polar surface area (TPSA) is 86.8 Å². The molecule has 3 aromatic carbocycles. The van der Waals surface area contributed by atoms with Crippen LogP contribution in [0.1, 0.15) is 38.3 Å². The predicted octanol–water partition coefficient (Wildman–Crippen LogP) is 5.83. The summed E-state index contributed by atoms with van der Waals surface area (Å²) >= 11 is 12.8. The molecule has 2 atom stereocenters. The van der Waals surface area contributed by atoms with E-state index in [1.807, 2.05) is 20.8 Å². The summed E-state index contributed by atoms with van der Waals surface area (Å²) < 4.78 is 28.6. The van der Waals surface area contributed by atoms with Crippen LogP contribution in [0.4, 0.5) is 5.69 Å². The van der Waals surface area contributed by atoms with E-state index >= 15 is 0 Å². The Morgan fingerprint density at radius 2 is 1.49 bits per heavy atom. The van der Waals surface area contributed by atoms with E-state index in [1.165, 1.54) is 17.0 Å². The SMILES string of the molecule is CC[C@@H](C)NC(=O)[C@H](C)N(Cc1c(Cl)cccc1Cl)C(=O)CN(c1ccccc1)S(=O)(=O)c1ccc(C)cc1. The van der Waals surface area contributed by atoms with Crippen molar-refractivity contribution >= 4 is 50.7 Å². The van der Waals surface area contributed by atoms with Crippen LogP contribution < -0.4 is 9.62 Å². The third-order valence-corrected chi connectivity index (χ3v) is 8.99. The van der Waals surface area contributed by atoms with Gasteiger partial charge < -0.3 is 10.2 Å². The number of nitrogens with zero attached hydrogens (tertiary/aromatic N) is 2. The van der Waals surface area contributed by atoms with Crippen LogP contribution in [0.5, 0.6) is 0 Å². The van der Waals surface area contributed by atoms with Gasteiger partial charge >= 0.3 is 0 Å². The summed E-state index contributed by atoms with van der Waals surface area (Å²) in [4.78, 5) is 28.4. The first kappa shape index (κ1) is 30.5. The Kier molecular flexibility index (Phi) is 10.4. The number of anilines is 1. The molecule has 1 N–H and O–H groups in total. The monoisotopic (exact) mass is 589 g/mol. The molecule has 0 heterocycles. The largest absolute Gasteiger partial charge is 0.352 e. The molecule has 0 aromatic heterocycles. The van der Waals surface area contributed by atoms with Gasteiger partial charge in [-0.1, -0.05) is 72.1 Å². The molecule has 0 unspecified atom stereocenters. The molecule has 0 saturated heterocycles. The molecule has 3 aromatic rings. The van der Waals surface area contributed by atoms with Crippen molar-refractivity contribution in [3.63, 3.8) is 0 Å². The van der Waals surface area contributed by atoms with Gasteiger partial charge in [-0.05, 0) is 63.6 Å². The van der Waals surface area contributed by atoms with Crippen molar-refractivity contribution in [2.45, 2.75) is 57.6 Å². The van der Waals surface area contributed by atoms with E-state index in [0.29, 0.717) is 27.7 Å². The summed E-state index contributed by atoms with van der Waals surface area (Å²) in [6, 6.07) is 18.7. The number of hydrogen-bond donors (Lipinski definition) is 1. The van der Waals surface area contributed by atoms with Crippen molar-refractivity contribution in [2.24, 2.45) is 0 Å². The van der Waals surface area contributed by atoms with E-state index in [2.05, 4.69) is 5.32 Å². The smallest absolute Gasteiger partial charge is 0.264 e. The van der Waals surface area contributed by atoms with Crippen LogP contribution in [0.15, 0.2) is 77.7 Å². The van der Waals surface area contributed by atoms with Gasteiger partial charge in [0.05, 0.1) is 10.6 Å². The van der Waals surface area contributed by atoms with Gasteiger partial charge in [0, 0.05) is 28.2 Å². The molecule has 0 bridgehead atoms. The van der Waals surface area contributed by atoms with E-state index < -0.39 is 28.5 Å². The highest BCUT2D eigenvalue weighted by atomic mass is 35.5. The minimum atomic E-state index is -4.12. The van der Waals surface area contributed by atoms with Gasteiger partial charge in [-0.3, -0.25) is 13.9 Å². The number of carbonyl (C=O) groups excluding carboxylic acids is 2. The van der Waals surface area contributed by atoms with Crippen molar-refractivity contribution in [1.82, 2.24) is 10.2 Å². The fourth-order valence-electron chi connectivity index (χ4n) is 3.86. The fourth-order valence-corrected chi connectivity index (χ4v) is 5.79. The van der Waals surface area contributed by atoms with Crippen molar-refractivity contribution < 1.29 is 18.0 Å². The third kappa shape index (κ3) is 7.53. The number of benzene rings is 3. The Morgan fingerprint density at radius 3 is 2.05 bits per heavy atom. The van der Waals surface area contributed by atoms with E-state index in [1.54, 1.807) is 67.6 Å². The molecular formula is C29H33Cl2N3O4S. The van der Waals surface area contributed by atoms with Crippen LogP contribution in [-0.2, 0) is 26.2 Å². The quantitative estimate of drug-likeness (QED) is 0.305. The molecule has 0 radical (unpaired) electrons. The minimum absolute atomic E-state index is 0.0491. The highest BCUT2D eigenvalue weighted by Crippen LogP contribution is 2.28. The highest BCUT2D eigenvalue weighted by Gasteiger charge is 2.33. The lowest BCUT2D eigenvalue weighted by Gasteiger charge is -2.32. The molecule has 0 spiro atoms. The summed E-state index contributed by atoms with van der Waals surface area (Å²) in [6.45, 7) is 6.64. The van der Waals surface area contributed by atoms with Crippen LogP contribution in [0, 0.1) is 6.92 Å². The average Bonchev–Trinajstić information content (AvgIpc) is 2.91. The Balaban J connectivity index is 2.04. The van der Waals surface area contributed by atoms with Gasteiger partial charge in [-0.15, -0.1) is 0 Å². The average molecular weight is 591 g/mol. The normalized spacial score (nSPS) is 12.9. The first-order chi connectivity index (χ1) is 18.4. The Bertz CT molecular complexity index is 1380. The minimum Gasteiger partial charge on any atom is -0.352 e. The molecule has 0 aliphatic carbocycles. The van der Waals surface area contributed by atoms with Crippen molar-refractivity contribution in [3.8, 4) is 0 Å². The number of hydrogen-bond acceptors (Lipinski definition) is 4. The number of para-hydroxylation sites is 1. The maximum absolute atomic E-state index is 13.9. The molecule has 7 nitrogen and oxygen atoms in total. The first-order valence-electron chi connectivity index (χ1n) is 12.6. The zero-order valence-electron chi connectivity index (χ0n) is 22.4. The van der Waals surface area contributed by atoms with E-state index in [9.17, 15) is 18.0 Å². The van der Waals surface area contributed by atoms with Gasteiger partial charge in [0.2, 0.25) is 11.8 Å². The number of sulfonamides is 1. The maximum Gasteiger partial charge on any atom is 0.264 e. The second-order valence-electron chi connectivity index (χ2n) is 9.38. The van der Waals surface area contributed by atoms with Gasteiger partial charge in [0.25, 0.3) is 10.0 Å². The zero-order chi connectivity index (χ0) is 28.7. The second kappa shape index (κ2) is 13.3. The molecule has 0 aliphatic heterocycles. The number of rotatable bonds is 11. The molecule has 0 aliphatic rings. The Hall–Kier alpha value is -3.07. The van der Waals surface area contributed by atoms with E-state index in [0.717, 1.165) is 9.87 Å². The summed E-state index contributed by atoms with van der Waals surface area (Å²) in [6.07, 6.45) is 0.708. The summed E-state index contributed by atoms with van der Waals surface area (Å²) in [5.41, 5.74) is 1.68. The summed E-state index contributed by atoms with van der Waals surface area (Å²) in [7, 11) is -4.12. The van der Waals surface area contributed by atoms with Crippen LogP contribution in [0.2, 0.25) is 10.0 Å². The Morgan fingerprint density at radius 1 is 0.897 bits per heavy atom. The van der Waals surface area contributed by atoms with Crippen LogP contribution >= 0.6 is 23.2 Å². The summed E-state index contributed by atoms with van der Waals surface area (Å²) in [5, 5.41) is 3.57. The number of amides is 2. The lowest BCUT2D eigenvalue weighted by molar-refractivity contribution is -0.139. The van der Waals surface area contributed by atoms with Crippen LogP contribution in [0.25, 0.3) is 0 Å². The van der Waals surface area contributed by atoms with Gasteiger partial charge in [0.15, 0.2) is 0 Å². The molecule has 10 heteroatoms. The fraction of sp³-hybridized carbons (Fsp3) is 0.310. The lowest BCUT2D eigenvalue weighted by atomic mass is 10.1. The van der Waals surface area contributed by atoms with Gasteiger partial charge in [-0.25, -0.2) is 8.42 Å². The third-order valence-electron chi connectivity index (χ3n) is 6.49.